The van der Waals surface area contributed by atoms with E-state index in [2.05, 4.69) is 31.3 Å². The number of hydrogen-bond donors (Lipinski definition) is 5. The van der Waals surface area contributed by atoms with E-state index < -0.39 is 17.6 Å². The Morgan fingerprint density at radius 3 is 2.39 bits per heavy atom. The zero-order valence-corrected chi connectivity index (χ0v) is 21.5. The first-order chi connectivity index (χ1) is 18.3. The summed E-state index contributed by atoms with van der Waals surface area (Å²) in [5, 5.41) is 12.8. The number of urea groups is 2. The maximum Gasteiger partial charge on any atom is 0.324 e. The first kappa shape index (κ1) is 26.4. The molecule has 2 heterocycles. The second-order valence-corrected chi connectivity index (χ2v) is 8.30. The number of aromatic amines is 1. The summed E-state index contributed by atoms with van der Waals surface area (Å²) in [6.45, 7) is 0. The van der Waals surface area contributed by atoms with Gasteiger partial charge in [0.1, 0.15) is 33.9 Å². The van der Waals surface area contributed by atoms with Crippen LogP contribution in [0.4, 0.5) is 26.9 Å². The Morgan fingerprint density at radius 2 is 1.68 bits per heavy atom. The van der Waals surface area contributed by atoms with Crippen LogP contribution in [0.1, 0.15) is 0 Å². The van der Waals surface area contributed by atoms with E-state index in [-0.39, 0.29) is 33.1 Å². The number of benzene rings is 2. The van der Waals surface area contributed by atoms with Gasteiger partial charge in [0.05, 0.1) is 23.5 Å². The van der Waals surface area contributed by atoms with Crippen molar-refractivity contribution in [1.29, 1.82) is 0 Å². The SMILES string of the molecule is CNC(=O)Nc1cc(Oc2ccc(NC(=O)Nc3cc(=O)[nH]n3-c3ccc(OC)cc3)c(Cl)c2Cl)ccn1. The van der Waals surface area contributed by atoms with Crippen LogP contribution in [0, 0.1) is 0 Å². The van der Waals surface area contributed by atoms with E-state index in [4.69, 9.17) is 32.7 Å². The molecule has 0 bridgehead atoms. The number of nitrogens with one attached hydrogen (secondary N) is 5. The van der Waals surface area contributed by atoms with E-state index in [1.54, 1.807) is 37.4 Å². The van der Waals surface area contributed by atoms with Crippen LogP contribution in [0.2, 0.25) is 10.0 Å². The first-order valence-electron chi connectivity index (χ1n) is 10.9. The van der Waals surface area contributed by atoms with E-state index in [1.807, 2.05) is 0 Å². The van der Waals surface area contributed by atoms with Crippen LogP contribution in [0.15, 0.2) is 65.6 Å². The van der Waals surface area contributed by atoms with Crippen molar-refractivity contribution in [3.8, 4) is 22.9 Å². The van der Waals surface area contributed by atoms with Crippen molar-refractivity contribution < 1.29 is 19.1 Å². The van der Waals surface area contributed by atoms with Crippen molar-refractivity contribution in [2.75, 3.05) is 30.1 Å². The van der Waals surface area contributed by atoms with Crippen LogP contribution in [-0.4, -0.2) is 41.0 Å². The molecular formula is C24H21Cl2N7O5. The normalized spacial score (nSPS) is 10.4. The quantitative estimate of drug-likeness (QED) is 0.214. The van der Waals surface area contributed by atoms with Gasteiger partial charge in [0.15, 0.2) is 0 Å². The largest absolute Gasteiger partial charge is 0.497 e. The smallest absolute Gasteiger partial charge is 0.324 e. The topological polar surface area (TPSA) is 151 Å². The van der Waals surface area contributed by atoms with Gasteiger partial charge in [-0.3, -0.25) is 20.5 Å². The lowest BCUT2D eigenvalue weighted by molar-refractivity contribution is 0.254. The van der Waals surface area contributed by atoms with Gasteiger partial charge in [-0.25, -0.2) is 19.3 Å². The molecule has 2 aromatic carbocycles. The molecule has 4 rings (SSSR count). The lowest BCUT2D eigenvalue weighted by Gasteiger charge is -2.14. The minimum atomic E-state index is -0.669. The van der Waals surface area contributed by atoms with Crippen LogP contribution in [-0.2, 0) is 0 Å². The maximum atomic E-state index is 12.7. The summed E-state index contributed by atoms with van der Waals surface area (Å²) in [7, 11) is 3.02. The highest BCUT2D eigenvalue weighted by molar-refractivity contribution is 6.45. The molecule has 0 aliphatic rings. The Balaban J connectivity index is 1.47. The summed E-state index contributed by atoms with van der Waals surface area (Å²) in [5.41, 5.74) is 0.381. The van der Waals surface area contributed by atoms with E-state index in [9.17, 15) is 14.4 Å². The second-order valence-electron chi connectivity index (χ2n) is 7.54. The molecule has 0 spiro atoms. The number of amides is 4. The Hall–Kier alpha value is -4.68. The van der Waals surface area contributed by atoms with E-state index in [1.165, 1.54) is 42.2 Å². The second kappa shape index (κ2) is 11.6. The highest BCUT2D eigenvalue weighted by atomic mass is 35.5. The van der Waals surface area contributed by atoms with Gasteiger partial charge in [-0.05, 0) is 42.5 Å². The van der Waals surface area contributed by atoms with Crippen LogP contribution in [0.5, 0.6) is 17.2 Å². The maximum absolute atomic E-state index is 12.7. The minimum absolute atomic E-state index is 0.0266. The molecule has 12 nitrogen and oxygen atoms in total. The Morgan fingerprint density at radius 1 is 0.921 bits per heavy atom. The molecular weight excluding hydrogens is 537 g/mol. The molecule has 0 aliphatic carbocycles. The van der Waals surface area contributed by atoms with E-state index in [0.717, 1.165) is 0 Å². The number of carbonyl (C=O) groups excluding carboxylic acids is 2. The molecule has 4 aromatic rings. The molecule has 0 atom stereocenters. The fraction of sp³-hybridized carbons (Fsp3) is 0.0833. The molecule has 0 saturated heterocycles. The van der Waals surface area contributed by atoms with Crippen LogP contribution < -0.4 is 36.3 Å². The fourth-order valence-corrected chi connectivity index (χ4v) is 3.65. The molecule has 0 unspecified atom stereocenters. The summed E-state index contributed by atoms with van der Waals surface area (Å²) in [6.07, 6.45) is 1.45. The van der Waals surface area contributed by atoms with Crippen LogP contribution in [0.25, 0.3) is 5.69 Å². The lowest BCUT2D eigenvalue weighted by Crippen LogP contribution is -2.24. The van der Waals surface area contributed by atoms with Gasteiger partial charge in [-0.1, -0.05) is 23.2 Å². The van der Waals surface area contributed by atoms with Gasteiger partial charge in [-0.2, -0.15) is 0 Å². The van der Waals surface area contributed by atoms with Crippen molar-refractivity contribution in [2.24, 2.45) is 0 Å². The van der Waals surface area contributed by atoms with Crippen molar-refractivity contribution in [1.82, 2.24) is 20.1 Å². The molecule has 0 fully saturated rings. The molecule has 38 heavy (non-hydrogen) atoms. The molecule has 0 saturated carbocycles. The first-order valence-corrected chi connectivity index (χ1v) is 11.7. The number of carbonyl (C=O) groups is 2. The molecule has 5 N–H and O–H groups in total. The molecule has 0 radical (unpaired) electrons. The predicted molar refractivity (Wildman–Crippen MR) is 144 cm³/mol. The average molecular weight is 558 g/mol. The number of nitrogens with zero attached hydrogens (tertiary/aromatic N) is 2. The van der Waals surface area contributed by atoms with Crippen LogP contribution >= 0.6 is 23.2 Å². The number of ether oxygens (including phenoxy) is 2. The molecule has 14 heteroatoms. The van der Waals surface area contributed by atoms with Gasteiger partial charge in [-0.15, -0.1) is 0 Å². The molecule has 2 aromatic heterocycles. The third-order valence-corrected chi connectivity index (χ3v) is 5.89. The van der Waals surface area contributed by atoms with E-state index in [0.29, 0.717) is 17.2 Å². The highest BCUT2D eigenvalue weighted by Gasteiger charge is 2.16. The molecule has 4 amide bonds. The average Bonchev–Trinajstić information content (AvgIpc) is 3.28. The summed E-state index contributed by atoms with van der Waals surface area (Å²) in [5.74, 6) is 1.64. The summed E-state index contributed by atoms with van der Waals surface area (Å²) >= 11 is 12.8. The van der Waals surface area contributed by atoms with Crippen molar-refractivity contribution in [3.05, 3.63) is 81.2 Å². The summed E-state index contributed by atoms with van der Waals surface area (Å²) in [4.78, 5) is 40.2. The lowest BCUT2D eigenvalue weighted by atomic mass is 10.3. The number of H-pyrrole nitrogens is 1. The van der Waals surface area contributed by atoms with Crippen molar-refractivity contribution in [3.63, 3.8) is 0 Å². The standard InChI is InChI=1S/C24H21Cl2N7O5/c1-27-23(35)30-18-11-15(9-10-28-18)38-17-8-7-16(21(25)22(17)26)29-24(36)31-19-12-20(34)32-33(19)13-3-5-14(37-2)6-4-13/h3-12H,1-2H3,(H,32,34)(H2,29,31,36)(H2,27,28,30,35). The Labute approximate surface area is 225 Å². The number of halogens is 2. The number of aromatic nitrogens is 3. The van der Waals surface area contributed by atoms with Crippen molar-refractivity contribution >= 4 is 52.6 Å². The number of rotatable bonds is 7. The minimum Gasteiger partial charge on any atom is -0.497 e. The fourth-order valence-electron chi connectivity index (χ4n) is 3.24. The zero-order chi connectivity index (χ0) is 27.2. The number of hydrogen-bond acceptors (Lipinski definition) is 6. The monoisotopic (exact) mass is 557 g/mol. The van der Waals surface area contributed by atoms with Gasteiger partial charge in [0, 0.05) is 25.4 Å². The Bertz CT molecular complexity index is 1540. The summed E-state index contributed by atoms with van der Waals surface area (Å²) in [6, 6.07) is 13.1. The zero-order valence-electron chi connectivity index (χ0n) is 20.0. The van der Waals surface area contributed by atoms with Crippen LogP contribution in [0.3, 0.4) is 0 Å². The number of methoxy groups -OCH3 is 1. The Kier molecular flexibility index (Phi) is 8.04. The van der Waals surface area contributed by atoms with Gasteiger partial charge in [0.2, 0.25) is 0 Å². The molecule has 196 valence electrons. The van der Waals surface area contributed by atoms with Crippen molar-refractivity contribution in [2.45, 2.75) is 0 Å². The highest BCUT2D eigenvalue weighted by Crippen LogP contribution is 2.39. The number of pyridine rings is 1. The predicted octanol–water partition coefficient (Wildman–Crippen LogP) is 5.06. The third kappa shape index (κ3) is 6.17. The van der Waals surface area contributed by atoms with Gasteiger partial charge in [0.25, 0.3) is 5.56 Å². The van der Waals surface area contributed by atoms with Gasteiger partial charge >= 0.3 is 12.1 Å². The van der Waals surface area contributed by atoms with Gasteiger partial charge < -0.3 is 20.1 Å². The molecule has 0 aliphatic heterocycles. The number of anilines is 3. The summed E-state index contributed by atoms with van der Waals surface area (Å²) < 4.78 is 12.3. The van der Waals surface area contributed by atoms with E-state index >= 15 is 0 Å². The third-order valence-electron chi connectivity index (χ3n) is 5.03.